The Bertz CT molecular complexity index is 185. The van der Waals surface area contributed by atoms with E-state index in [1.165, 1.54) is 57.8 Å². The summed E-state index contributed by atoms with van der Waals surface area (Å²) in [5, 5.41) is 3.17. The molecule has 2 heteroatoms. The van der Waals surface area contributed by atoms with E-state index in [4.69, 9.17) is 0 Å². The van der Waals surface area contributed by atoms with Crippen molar-refractivity contribution in [1.82, 2.24) is 5.32 Å². The van der Waals surface area contributed by atoms with Crippen molar-refractivity contribution in [3.63, 3.8) is 0 Å². The third kappa shape index (κ3) is 8.23. The molecule has 0 heterocycles. The average Bonchev–Trinajstić information content (AvgIpc) is 2.30. The van der Waals surface area contributed by atoms with E-state index in [9.17, 15) is 4.79 Å². The number of nitrogens with one attached hydrogen (secondary N) is 1. The highest BCUT2D eigenvalue weighted by atomic mass is 16.1. The molecule has 0 aromatic carbocycles. The number of hydrogen-bond donors (Lipinski definition) is 1. The van der Waals surface area contributed by atoms with Crippen LogP contribution in [0, 0.1) is 0 Å². The van der Waals surface area contributed by atoms with Crippen LogP contribution < -0.4 is 5.32 Å². The monoisotopic (exact) mass is 241 g/mol. The van der Waals surface area contributed by atoms with Crippen molar-refractivity contribution in [3.05, 3.63) is 0 Å². The van der Waals surface area contributed by atoms with Gasteiger partial charge in [0.1, 0.15) is 0 Å². The van der Waals surface area contributed by atoms with Gasteiger partial charge in [-0.1, -0.05) is 59.3 Å². The molecule has 0 radical (unpaired) electrons. The number of carbonyl (C=O) groups excluding carboxylic acids is 1. The van der Waals surface area contributed by atoms with E-state index < -0.39 is 0 Å². The van der Waals surface area contributed by atoms with E-state index in [1.54, 1.807) is 0 Å². The predicted molar refractivity (Wildman–Crippen MR) is 75.1 cm³/mol. The van der Waals surface area contributed by atoms with Crippen LogP contribution in [-0.2, 0) is 4.79 Å². The van der Waals surface area contributed by atoms with E-state index in [1.807, 2.05) is 0 Å². The van der Waals surface area contributed by atoms with Gasteiger partial charge in [-0.25, -0.2) is 0 Å². The van der Waals surface area contributed by atoms with Crippen LogP contribution in [0.1, 0.15) is 85.0 Å². The molecular weight excluding hydrogens is 210 g/mol. The lowest BCUT2D eigenvalue weighted by molar-refractivity contribution is -0.122. The summed E-state index contributed by atoms with van der Waals surface area (Å²) in [6, 6.07) is 0.483. The standard InChI is InChI=1S/C14H27NO.CH4/c1-2-3-4-5-9-12-14(16)15-13-10-7-6-8-11-13;/h13H,2-12H2,1H3,(H,15,16);1H4. The Labute approximate surface area is 108 Å². The van der Waals surface area contributed by atoms with Crippen LogP contribution >= 0.6 is 0 Å². The molecule has 0 unspecified atom stereocenters. The fraction of sp³-hybridized carbons (Fsp3) is 0.933. The first-order valence-electron chi connectivity index (χ1n) is 7.12. The molecule has 102 valence electrons. The molecule has 0 aromatic heterocycles. The SMILES string of the molecule is C.CCCCCCCC(=O)NC1CCCCC1. The molecule has 1 fully saturated rings. The van der Waals surface area contributed by atoms with Crippen LogP contribution in [0.3, 0.4) is 0 Å². The van der Waals surface area contributed by atoms with Crippen molar-refractivity contribution >= 4 is 5.91 Å². The highest BCUT2D eigenvalue weighted by Gasteiger charge is 2.14. The molecule has 1 amide bonds. The lowest BCUT2D eigenvalue weighted by Crippen LogP contribution is -2.35. The summed E-state index contributed by atoms with van der Waals surface area (Å²) in [6.07, 6.45) is 13.2. The minimum atomic E-state index is 0. The van der Waals surface area contributed by atoms with Gasteiger partial charge in [-0.3, -0.25) is 4.79 Å². The van der Waals surface area contributed by atoms with Crippen LogP contribution in [0.5, 0.6) is 0 Å². The van der Waals surface area contributed by atoms with Gasteiger partial charge in [0.2, 0.25) is 5.91 Å². The number of carbonyl (C=O) groups is 1. The molecule has 0 bridgehead atoms. The Hall–Kier alpha value is -0.530. The largest absolute Gasteiger partial charge is 0.353 e. The predicted octanol–water partition coefficient (Wildman–Crippen LogP) is 4.43. The first kappa shape index (κ1) is 16.5. The zero-order chi connectivity index (χ0) is 11.6. The maximum Gasteiger partial charge on any atom is 0.220 e. The third-order valence-corrected chi connectivity index (χ3v) is 3.48. The van der Waals surface area contributed by atoms with Crippen LogP contribution in [0.25, 0.3) is 0 Å². The van der Waals surface area contributed by atoms with Gasteiger partial charge >= 0.3 is 0 Å². The van der Waals surface area contributed by atoms with E-state index >= 15 is 0 Å². The van der Waals surface area contributed by atoms with Gasteiger partial charge in [0, 0.05) is 12.5 Å². The van der Waals surface area contributed by atoms with Crippen LogP contribution in [0.2, 0.25) is 0 Å². The Morgan fingerprint density at radius 1 is 1.06 bits per heavy atom. The van der Waals surface area contributed by atoms with Crippen LogP contribution in [-0.4, -0.2) is 11.9 Å². The smallest absolute Gasteiger partial charge is 0.220 e. The topological polar surface area (TPSA) is 29.1 Å². The highest BCUT2D eigenvalue weighted by molar-refractivity contribution is 5.76. The highest BCUT2D eigenvalue weighted by Crippen LogP contribution is 2.17. The van der Waals surface area contributed by atoms with Crippen molar-refractivity contribution < 1.29 is 4.79 Å². The molecule has 0 spiro atoms. The van der Waals surface area contributed by atoms with Crippen LogP contribution in [0.15, 0.2) is 0 Å². The molecular formula is C15H31NO. The third-order valence-electron chi connectivity index (χ3n) is 3.48. The fourth-order valence-corrected chi connectivity index (χ4v) is 2.44. The molecule has 1 aliphatic rings. The summed E-state index contributed by atoms with van der Waals surface area (Å²) in [6.45, 7) is 2.22. The molecule has 17 heavy (non-hydrogen) atoms. The molecule has 1 N–H and O–H groups in total. The first-order chi connectivity index (χ1) is 7.83. The number of unbranched alkanes of at least 4 members (excludes halogenated alkanes) is 4. The van der Waals surface area contributed by atoms with E-state index in [0.717, 1.165) is 12.8 Å². The zero-order valence-electron chi connectivity index (χ0n) is 10.8. The average molecular weight is 241 g/mol. The molecule has 0 aliphatic heterocycles. The van der Waals surface area contributed by atoms with Crippen molar-refractivity contribution in [1.29, 1.82) is 0 Å². The number of rotatable bonds is 7. The minimum absolute atomic E-state index is 0. The van der Waals surface area contributed by atoms with Crippen molar-refractivity contribution in [2.24, 2.45) is 0 Å². The van der Waals surface area contributed by atoms with Gasteiger partial charge in [0.15, 0.2) is 0 Å². The van der Waals surface area contributed by atoms with E-state index in [2.05, 4.69) is 12.2 Å². The number of amides is 1. The zero-order valence-corrected chi connectivity index (χ0v) is 10.8. The normalized spacial score (nSPS) is 16.3. The van der Waals surface area contributed by atoms with Gasteiger partial charge < -0.3 is 5.32 Å². The minimum Gasteiger partial charge on any atom is -0.353 e. The summed E-state index contributed by atoms with van der Waals surface area (Å²) < 4.78 is 0. The second-order valence-electron chi connectivity index (χ2n) is 5.07. The molecule has 2 nitrogen and oxygen atoms in total. The lowest BCUT2D eigenvalue weighted by atomic mass is 9.95. The lowest BCUT2D eigenvalue weighted by Gasteiger charge is -2.22. The molecule has 0 saturated heterocycles. The molecule has 0 atom stereocenters. The second-order valence-corrected chi connectivity index (χ2v) is 5.07. The van der Waals surface area contributed by atoms with Crippen molar-refractivity contribution in [2.75, 3.05) is 0 Å². The maximum absolute atomic E-state index is 11.6. The van der Waals surface area contributed by atoms with Gasteiger partial charge in [-0.05, 0) is 19.3 Å². The van der Waals surface area contributed by atoms with Gasteiger partial charge in [-0.2, -0.15) is 0 Å². The Morgan fingerprint density at radius 2 is 1.71 bits per heavy atom. The summed E-state index contributed by atoms with van der Waals surface area (Å²) in [4.78, 5) is 11.6. The first-order valence-corrected chi connectivity index (χ1v) is 7.12. The van der Waals surface area contributed by atoms with Gasteiger partial charge in [-0.15, -0.1) is 0 Å². The summed E-state index contributed by atoms with van der Waals surface area (Å²) in [7, 11) is 0. The summed E-state index contributed by atoms with van der Waals surface area (Å²) >= 11 is 0. The number of hydrogen-bond acceptors (Lipinski definition) is 1. The van der Waals surface area contributed by atoms with Crippen molar-refractivity contribution in [2.45, 2.75) is 91.0 Å². The van der Waals surface area contributed by atoms with E-state index in [0.29, 0.717) is 6.04 Å². The van der Waals surface area contributed by atoms with Crippen molar-refractivity contribution in [3.8, 4) is 0 Å². The quantitative estimate of drug-likeness (QED) is 0.656. The van der Waals surface area contributed by atoms with E-state index in [-0.39, 0.29) is 13.3 Å². The Morgan fingerprint density at radius 3 is 2.35 bits per heavy atom. The van der Waals surface area contributed by atoms with Gasteiger partial charge in [0.25, 0.3) is 0 Å². The summed E-state index contributed by atoms with van der Waals surface area (Å²) in [5.74, 6) is 0.281. The fourth-order valence-electron chi connectivity index (χ4n) is 2.44. The second kappa shape index (κ2) is 10.6. The Balaban J connectivity index is 0.00000256. The molecule has 0 aromatic rings. The maximum atomic E-state index is 11.6. The molecule has 1 rings (SSSR count). The molecule has 1 saturated carbocycles. The Kier molecular flexibility index (Phi) is 10.3. The molecule has 1 aliphatic carbocycles. The van der Waals surface area contributed by atoms with Gasteiger partial charge in [0.05, 0.1) is 0 Å². The van der Waals surface area contributed by atoms with Crippen LogP contribution in [0.4, 0.5) is 0 Å². The summed E-state index contributed by atoms with van der Waals surface area (Å²) in [5.41, 5.74) is 0.